The summed E-state index contributed by atoms with van der Waals surface area (Å²) in [6.45, 7) is 1.53. The maximum Gasteiger partial charge on any atom is 0.416 e. The number of hydrogen-bond acceptors (Lipinski definition) is 3. The molecule has 0 unspecified atom stereocenters. The lowest BCUT2D eigenvalue weighted by molar-refractivity contribution is -0.137. The molecule has 128 valence electrons. The molecule has 0 radical (unpaired) electrons. The third kappa shape index (κ3) is 3.43. The van der Waals surface area contributed by atoms with Crippen LogP contribution in [0.3, 0.4) is 0 Å². The first kappa shape index (κ1) is 17.2. The SMILES string of the molecule is CC(=N)n1c(=[N-])c(Sc2ccc(C(F)(F)F)cc2)nc2ccccc21. The molecule has 8 heteroatoms. The summed E-state index contributed by atoms with van der Waals surface area (Å²) in [5.41, 5.74) is 0.180. The highest BCUT2D eigenvalue weighted by atomic mass is 32.2. The number of nitrogens with zero attached hydrogens (tertiary/aromatic N) is 3. The number of fused-ring (bicyclic) bond motifs is 1. The van der Waals surface area contributed by atoms with Gasteiger partial charge in [-0.05, 0) is 48.3 Å². The van der Waals surface area contributed by atoms with Crippen molar-refractivity contribution in [1.29, 1.82) is 5.41 Å². The summed E-state index contributed by atoms with van der Waals surface area (Å²) in [6, 6.07) is 11.6. The first-order valence-electron chi connectivity index (χ1n) is 7.22. The molecule has 0 bridgehead atoms. The zero-order chi connectivity index (χ0) is 18.2. The van der Waals surface area contributed by atoms with Crippen molar-refractivity contribution in [3.63, 3.8) is 0 Å². The number of hydrogen-bond donors (Lipinski definition) is 1. The summed E-state index contributed by atoms with van der Waals surface area (Å²) >= 11 is 1.03. The molecule has 0 aliphatic carbocycles. The number of halogens is 3. The number of alkyl halides is 3. The predicted molar refractivity (Wildman–Crippen MR) is 90.6 cm³/mol. The van der Waals surface area contributed by atoms with Gasteiger partial charge in [-0.2, -0.15) is 13.2 Å². The lowest BCUT2D eigenvalue weighted by Crippen LogP contribution is -2.27. The highest BCUT2D eigenvalue weighted by Crippen LogP contribution is 2.32. The van der Waals surface area contributed by atoms with Crippen molar-refractivity contribution in [2.45, 2.75) is 23.0 Å². The molecule has 0 aliphatic heterocycles. The lowest BCUT2D eigenvalue weighted by Gasteiger charge is -2.20. The monoisotopic (exact) mass is 361 g/mol. The maximum atomic E-state index is 12.6. The van der Waals surface area contributed by atoms with Gasteiger partial charge in [0.25, 0.3) is 0 Å². The van der Waals surface area contributed by atoms with Crippen LogP contribution in [0.5, 0.6) is 0 Å². The van der Waals surface area contributed by atoms with E-state index in [-0.39, 0.29) is 16.3 Å². The van der Waals surface area contributed by atoms with Crippen molar-refractivity contribution in [2.75, 3.05) is 0 Å². The largest absolute Gasteiger partial charge is 0.462 e. The zero-order valence-electron chi connectivity index (χ0n) is 13.0. The van der Waals surface area contributed by atoms with Crippen LogP contribution < -0.4 is 5.49 Å². The first-order valence-corrected chi connectivity index (χ1v) is 8.03. The van der Waals surface area contributed by atoms with E-state index in [4.69, 9.17) is 5.41 Å². The second-order valence-corrected chi connectivity index (χ2v) is 6.34. The van der Waals surface area contributed by atoms with Crippen molar-refractivity contribution in [3.8, 4) is 0 Å². The van der Waals surface area contributed by atoms with E-state index < -0.39 is 11.7 Å². The molecule has 25 heavy (non-hydrogen) atoms. The van der Waals surface area contributed by atoms with Gasteiger partial charge < -0.3 is 15.4 Å². The first-order chi connectivity index (χ1) is 11.8. The van der Waals surface area contributed by atoms with E-state index in [0.717, 1.165) is 23.9 Å². The van der Waals surface area contributed by atoms with Gasteiger partial charge in [0.1, 0.15) is 5.03 Å². The van der Waals surface area contributed by atoms with Crippen LogP contribution in [0.25, 0.3) is 16.4 Å². The molecule has 0 atom stereocenters. The number of benzene rings is 2. The third-order valence-electron chi connectivity index (χ3n) is 3.48. The Morgan fingerprint density at radius 3 is 2.36 bits per heavy atom. The standard InChI is InChI=1S/C17H12F3N4S/c1-10(21)24-14-5-3-2-4-13(14)23-16(15(24)22)25-12-8-6-11(7-9-12)17(18,19)20/h2-9,21H,1H3/q-1. The molecule has 4 nitrogen and oxygen atoms in total. The Morgan fingerprint density at radius 2 is 1.76 bits per heavy atom. The Labute approximate surface area is 145 Å². The number of nitrogens with one attached hydrogen (secondary N) is 1. The number of aromatic nitrogens is 2. The highest BCUT2D eigenvalue weighted by Gasteiger charge is 2.29. The summed E-state index contributed by atoms with van der Waals surface area (Å²) in [6.07, 6.45) is -4.40. The van der Waals surface area contributed by atoms with E-state index in [1.807, 2.05) is 0 Å². The van der Waals surface area contributed by atoms with E-state index in [2.05, 4.69) is 4.98 Å². The Balaban J connectivity index is 2.06. The smallest absolute Gasteiger partial charge is 0.416 e. The van der Waals surface area contributed by atoms with Crippen LogP contribution in [0.15, 0.2) is 58.5 Å². The molecule has 2 aromatic carbocycles. The van der Waals surface area contributed by atoms with Gasteiger partial charge >= 0.3 is 6.18 Å². The van der Waals surface area contributed by atoms with Crippen LogP contribution in [-0.4, -0.2) is 15.4 Å². The molecule has 1 N–H and O–H groups in total. The predicted octanol–water partition coefficient (Wildman–Crippen LogP) is 4.52. The average molecular weight is 361 g/mol. The number of para-hydroxylation sites is 2. The van der Waals surface area contributed by atoms with Gasteiger partial charge in [0.05, 0.1) is 11.1 Å². The minimum atomic E-state index is -4.40. The van der Waals surface area contributed by atoms with Crippen molar-refractivity contribution in [1.82, 2.24) is 9.55 Å². The minimum Gasteiger partial charge on any atom is -0.462 e. The fourth-order valence-electron chi connectivity index (χ4n) is 2.35. The van der Waals surface area contributed by atoms with E-state index in [0.29, 0.717) is 15.9 Å². The Kier molecular flexibility index (Phi) is 4.38. The van der Waals surface area contributed by atoms with Gasteiger partial charge in [0, 0.05) is 10.7 Å². The van der Waals surface area contributed by atoms with Crippen LogP contribution in [0.2, 0.25) is 0 Å². The van der Waals surface area contributed by atoms with Crippen LogP contribution in [-0.2, 0) is 6.18 Å². The normalized spacial score (nSPS) is 11.7. The lowest BCUT2D eigenvalue weighted by atomic mass is 10.2. The van der Waals surface area contributed by atoms with E-state index >= 15 is 0 Å². The molecule has 0 saturated carbocycles. The van der Waals surface area contributed by atoms with Crippen molar-refractivity contribution in [3.05, 3.63) is 65.0 Å². The van der Waals surface area contributed by atoms with Gasteiger partial charge in [-0.25, -0.2) is 4.98 Å². The summed E-state index contributed by atoms with van der Waals surface area (Å²) in [4.78, 5) is 4.86. The van der Waals surface area contributed by atoms with Gasteiger partial charge in [0.2, 0.25) is 0 Å². The van der Waals surface area contributed by atoms with Crippen molar-refractivity contribution < 1.29 is 13.2 Å². The van der Waals surface area contributed by atoms with Gasteiger partial charge in [-0.15, -0.1) is 0 Å². The Hall–Kier alpha value is -2.61. The molecule has 0 saturated heterocycles. The van der Waals surface area contributed by atoms with Gasteiger partial charge in [-0.3, -0.25) is 0 Å². The van der Waals surface area contributed by atoms with Crippen molar-refractivity contribution >= 4 is 28.6 Å². The van der Waals surface area contributed by atoms with Crippen LogP contribution in [0, 0.1) is 5.41 Å². The van der Waals surface area contributed by atoms with Gasteiger partial charge in [-0.1, -0.05) is 30.0 Å². The van der Waals surface area contributed by atoms with Crippen molar-refractivity contribution in [2.24, 2.45) is 0 Å². The molecule has 0 aliphatic rings. The summed E-state index contributed by atoms with van der Waals surface area (Å²) in [7, 11) is 0. The zero-order valence-corrected chi connectivity index (χ0v) is 13.8. The number of rotatable bonds is 2. The van der Waals surface area contributed by atoms with E-state index in [9.17, 15) is 18.6 Å². The molecule has 1 heterocycles. The van der Waals surface area contributed by atoms with Crippen LogP contribution >= 0.6 is 11.8 Å². The van der Waals surface area contributed by atoms with Crippen LogP contribution in [0.4, 0.5) is 13.2 Å². The summed E-state index contributed by atoms with van der Waals surface area (Å²) in [5, 5.41) is 18.5. The molecule has 0 fully saturated rings. The quantitative estimate of drug-likeness (QED) is 0.539. The molecule has 3 aromatic rings. The van der Waals surface area contributed by atoms with Gasteiger partial charge in [0.15, 0.2) is 0 Å². The Bertz CT molecular complexity index is 1010. The molecule has 0 spiro atoms. The molecule has 3 rings (SSSR count). The fraction of sp³-hybridized carbons (Fsp3) is 0.118. The second kappa shape index (κ2) is 6.36. The molecule has 0 amide bonds. The molecular weight excluding hydrogens is 349 g/mol. The third-order valence-corrected chi connectivity index (χ3v) is 4.45. The second-order valence-electron chi connectivity index (χ2n) is 5.27. The molecule has 1 aromatic heterocycles. The highest BCUT2D eigenvalue weighted by molar-refractivity contribution is 7.99. The minimum absolute atomic E-state index is 0.102. The maximum absolute atomic E-state index is 12.6. The molecular formula is C17H12F3N4S-. The Morgan fingerprint density at radius 1 is 1.12 bits per heavy atom. The average Bonchev–Trinajstić information content (AvgIpc) is 2.55. The van der Waals surface area contributed by atoms with E-state index in [1.54, 1.807) is 24.3 Å². The summed E-state index contributed by atoms with van der Waals surface area (Å²) < 4.78 is 39.3. The van der Waals surface area contributed by atoms with E-state index in [1.165, 1.54) is 23.6 Å². The fourth-order valence-corrected chi connectivity index (χ4v) is 3.17. The van der Waals surface area contributed by atoms with Crippen LogP contribution in [0.1, 0.15) is 12.5 Å². The topological polar surface area (TPSA) is 64.0 Å². The summed E-state index contributed by atoms with van der Waals surface area (Å²) in [5.74, 6) is 0.102.